The van der Waals surface area contributed by atoms with E-state index < -0.39 is 11.6 Å². The Kier molecular flexibility index (Phi) is 7.14. The Hall–Kier alpha value is -3.53. The number of aliphatic carboxylic acids is 1. The molecular formula is C27H28O4. The minimum absolute atomic E-state index is 0.372. The topological polar surface area (TPSA) is 55.8 Å². The summed E-state index contributed by atoms with van der Waals surface area (Å²) >= 11 is 0. The maximum atomic E-state index is 11.4. The number of allylic oxidation sites excluding steroid dienone is 1. The van der Waals surface area contributed by atoms with Gasteiger partial charge in [0.05, 0.1) is 0 Å². The number of rotatable bonds is 9. The SMILES string of the molecule is CCC(C)(Oc1ccc(OCC=C(C)c2ccc(-c3ccccc3)cc2)cc1)C(=O)O. The molecule has 0 bridgehead atoms. The van der Waals surface area contributed by atoms with Gasteiger partial charge >= 0.3 is 5.97 Å². The first-order valence-corrected chi connectivity index (χ1v) is 10.4. The molecule has 1 atom stereocenters. The number of ether oxygens (including phenoxy) is 2. The van der Waals surface area contributed by atoms with Gasteiger partial charge in [-0.3, -0.25) is 0 Å². The Bertz CT molecular complexity index is 1020. The maximum Gasteiger partial charge on any atom is 0.347 e. The highest BCUT2D eigenvalue weighted by Gasteiger charge is 2.33. The molecule has 0 heterocycles. The molecule has 0 radical (unpaired) electrons. The summed E-state index contributed by atoms with van der Waals surface area (Å²) in [4.78, 5) is 11.4. The molecule has 0 amide bonds. The number of hydrogen-bond acceptors (Lipinski definition) is 3. The standard InChI is InChI=1S/C27H28O4/c1-4-27(3,26(28)29)31-25-16-14-24(15-17-25)30-19-18-20(2)21-10-12-23(13-11-21)22-8-6-5-7-9-22/h5-18H,4,19H2,1-3H3,(H,28,29). The summed E-state index contributed by atoms with van der Waals surface area (Å²) < 4.78 is 11.4. The fourth-order valence-electron chi connectivity index (χ4n) is 3.07. The van der Waals surface area contributed by atoms with Gasteiger partial charge in [0.15, 0.2) is 0 Å². The number of carboxylic acids is 1. The molecular weight excluding hydrogens is 388 g/mol. The number of benzene rings is 3. The number of carboxylic acid groups (broad SMARTS) is 1. The molecule has 0 fully saturated rings. The second-order valence-electron chi connectivity index (χ2n) is 7.60. The van der Waals surface area contributed by atoms with Crippen molar-refractivity contribution < 1.29 is 19.4 Å². The van der Waals surface area contributed by atoms with Crippen LogP contribution in [0.15, 0.2) is 84.9 Å². The largest absolute Gasteiger partial charge is 0.490 e. The third-order valence-corrected chi connectivity index (χ3v) is 5.38. The van der Waals surface area contributed by atoms with Crippen molar-refractivity contribution in [1.82, 2.24) is 0 Å². The van der Waals surface area contributed by atoms with E-state index in [-0.39, 0.29) is 0 Å². The van der Waals surface area contributed by atoms with Gasteiger partial charge in [0.2, 0.25) is 5.60 Å². The van der Waals surface area contributed by atoms with E-state index in [4.69, 9.17) is 9.47 Å². The van der Waals surface area contributed by atoms with Crippen molar-refractivity contribution in [2.45, 2.75) is 32.8 Å². The molecule has 0 aliphatic rings. The van der Waals surface area contributed by atoms with Crippen LogP contribution < -0.4 is 9.47 Å². The Morgan fingerprint density at radius 3 is 2.06 bits per heavy atom. The maximum absolute atomic E-state index is 11.4. The summed E-state index contributed by atoms with van der Waals surface area (Å²) in [6.07, 6.45) is 2.41. The summed E-state index contributed by atoms with van der Waals surface area (Å²) in [7, 11) is 0. The van der Waals surface area contributed by atoms with Crippen LogP contribution in [0.5, 0.6) is 11.5 Å². The highest BCUT2D eigenvalue weighted by Crippen LogP contribution is 2.25. The van der Waals surface area contributed by atoms with Crippen LogP contribution >= 0.6 is 0 Å². The van der Waals surface area contributed by atoms with Crippen LogP contribution in [0, 0.1) is 0 Å². The summed E-state index contributed by atoms with van der Waals surface area (Å²) in [6, 6.07) is 25.8. The lowest BCUT2D eigenvalue weighted by atomic mass is 10.0. The second kappa shape index (κ2) is 9.98. The highest BCUT2D eigenvalue weighted by atomic mass is 16.5. The minimum Gasteiger partial charge on any atom is -0.490 e. The zero-order chi connectivity index (χ0) is 22.3. The van der Waals surface area contributed by atoms with Gasteiger partial charge in [-0.05, 0) is 72.9 Å². The van der Waals surface area contributed by atoms with Crippen LogP contribution in [0.4, 0.5) is 0 Å². The van der Waals surface area contributed by atoms with Crippen LogP contribution in [0.3, 0.4) is 0 Å². The zero-order valence-electron chi connectivity index (χ0n) is 18.2. The van der Waals surface area contributed by atoms with Gasteiger partial charge in [0.1, 0.15) is 18.1 Å². The summed E-state index contributed by atoms with van der Waals surface area (Å²) in [5.41, 5.74) is 3.45. The van der Waals surface area contributed by atoms with Crippen LogP contribution in [-0.4, -0.2) is 23.3 Å². The van der Waals surface area contributed by atoms with Crippen molar-refractivity contribution in [1.29, 1.82) is 0 Å². The first-order chi connectivity index (χ1) is 14.9. The fourth-order valence-corrected chi connectivity index (χ4v) is 3.07. The van der Waals surface area contributed by atoms with E-state index in [1.165, 1.54) is 11.1 Å². The molecule has 4 heteroatoms. The lowest BCUT2D eigenvalue weighted by Gasteiger charge is -2.24. The third kappa shape index (κ3) is 5.76. The summed E-state index contributed by atoms with van der Waals surface area (Å²) in [5, 5.41) is 9.33. The van der Waals surface area contributed by atoms with Gasteiger partial charge in [0.25, 0.3) is 0 Å². The van der Waals surface area contributed by atoms with Crippen LogP contribution in [0.25, 0.3) is 16.7 Å². The molecule has 3 aromatic carbocycles. The van der Waals surface area contributed by atoms with Gasteiger partial charge in [-0.2, -0.15) is 0 Å². The van der Waals surface area contributed by atoms with E-state index in [0.717, 1.165) is 11.1 Å². The predicted octanol–water partition coefficient (Wildman–Crippen LogP) is 6.47. The quantitative estimate of drug-likeness (QED) is 0.434. The van der Waals surface area contributed by atoms with E-state index in [9.17, 15) is 9.90 Å². The highest BCUT2D eigenvalue weighted by molar-refractivity contribution is 5.77. The Balaban J connectivity index is 1.57. The molecule has 3 rings (SSSR count). The molecule has 0 saturated carbocycles. The first kappa shape index (κ1) is 22.2. The zero-order valence-corrected chi connectivity index (χ0v) is 18.2. The van der Waals surface area contributed by atoms with E-state index in [1.807, 2.05) is 24.3 Å². The monoisotopic (exact) mass is 416 g/mol. The molecule has 1 N–H and O–H groups in total. The van der Waals surface area contributed by atoms with Crippen LogP contribution in [-0.2, 0) is 4.79 Å². The van der Waals surface area contributed by atoms with E-state index in [0.29, 0.717) is 24.5 Å². The lowest BCUT2D eigenvalue weighted by Crippen LogP contribution is -2.40. The Morgan fingerprint density at radius 1 is 0.903 bits per heavy atom. The lowest BCUT2D eigenvalue weighted by molar-refractivity contribution is -0.154. The van der Waals surface area contributed by atoms with Crippen molar-refractivity contribution in [2.75, 3.05) is 6.61 Å². The van der Waals surface area contributed by atoms with Crippen LogP contribution in [0.1, 0.15) is 32.8 Å². The van der Waals surface area contributed by atoms with Crippen molar-refractivity contribution in [3.8, 4) is 22.6 Å². The van der Waals surface area contributed by atoms with E-state index in [2.05, 4.69) is 43.3 Å². The molecule has 4 nitrogen and oxygen atoms in total. The Labute approximate surface area is 183 Å². The van der Waals surface area contributed by atoms with Crippen LogP contribution in [0.2, 0.25) is 0 Å². The average molecular weight is 417 g/mol. The van der Waals surface area contributed by atoms with E-state index >= 15 is 0 Å². The van der Waals surface area contributed by atoms with Crippen molar-refractivity contribution in [3.05, 3.63) is 90.5 Å². The van der Waals surface area contributed by atoms with Gasteiger partial charge in [-0.1, -0.05) is 61.5 Å². The first-order valence-electron chi connectivity index (χ1n) is 10.4. The van der Waals surface area contributed by atoms with Crippen molar-refractivity contribution in [2.24, 2.45) is 0 Å². The molecule has 3 aromatic rings. The molecule has 31 heavy (non-hydrogen) atoms. The predicted molar refractivity (Wildman–Crippen MR) is 124 cm³/mol. The van der Waals surface area contributed by atoms with Gasteiger partial charge < -0.3 is 14.6 Å². The van der Waals surface area contributed by atoms with Gasteiger partial charge in [0, 0.05) is 0 Å². The average Bonchev–Trinajstić information content (AvgIpc) is 2.80. The van der Waals surface area contributed by atoms with Gasteiger partial charge in [-0.15, -0.1) is 0 Å². The third-order valence-electron chi connectivity index (χ3n) is 5.38. The minimum atomic E-state index is -1.24. The molecule has 1 unspecified atom stereocenters. The molecule has 0 aliphatic heterocycles. The fraction of sp³-hybridized carbons (Fsp3) is 0.222. The normalized spacial score (nSPS) is 13.3. The Morgan fingerprint density at radius 2 is 1.48 bits per heavy atom. The summed E-state index contributed by atoms with van der Waals surface area (Å²) in [5.74, 6) is 0.224. The number of carbonyl (C=O) groups is 1. The molecule has 160 valence electrons. The van der Waals surface area contributed by atoms with Crippen molar-refractivity contribution in [3.63, 3.8) is 0 Å². The van der Waals surface area contributed by atoms with E-state index in [1.54, 1.807) is 38.1 Å². The molecule has 0 aromatic heterocycles. The molecule has 0 saturated heterocycles. The summed E-state index contributed by atoms with van der Waals surface area (Å²) in [6.45, 7) is 5.86. The van der Waals surface area contributed by atoms with Gasteiger partial charge in [-0.25, -0.2) is 4.79 Å². The molecule has 0 spiro atoms. The number of hydrogen-bond donors (Lipinski definition) is 1. The van der Waals surface area contributed by atoms with Crippen molar-refractivity contribution >= 4 is 11.5 Å². The second-order valence-corrected chi connectivity index (χ2v) is 7.60. The molecule has 0 aliphatic carbocycles. The smallest absolute Gasteiger partial charge is 0.347 e.